The van der Waals surface area contributed by atoms with Crippen molar-refractivity contribution >= 4 is 23.4 Å². The maximum atomic E-state index is 12.7. The standard InChI is InChI=1S/C27H28N4O4S/c1-4-34-21-15-11-20(12-16-21)31-25(17-35-22-13-9-19(2)10-14-22)29-30-27(31)36-18-26(32)28-23-7-5-6-8-24(23)33-3/h5-16H,4,17-18H2,1-3H3,(H,28,32). The van der Waals surface area contributed by atoms with E-state index in [0.29, 0.717) is 29.0 Å². The summed E-state index contributed by atoms with van der Waals surface area (Å²) in [6.45, 7) is 4.78. The first-order chi connectivity index (χ1) is 17.6. The van der Waals surface area contributed by atoms with Gasteiger partial charge >= 0.3 is 0 Å². The van der Waals surface area contributed by atoms with Gasteiger partial charge in [-0.15, -0.1) is 10.2 Å². The van der Waals surface area contributed by atoms with Crippen molar-refractivity contribution < 1.29 is 19.0 Å². The number of carbonyl (C=O) groups excluding carboxylic acids is 1. The fraction of sp³-hybridized carbons (Fsp3) is 0.222. The molecule has 0 spiro atoms. The van der Waals surface area contributed by atoms with Crippen molar-refractivity contribution in [1.82, 2.24) is 14.8 Å². The van der Waals surface area contributed by atoms with E-state index in [9.17, 15) is 4.79 Å². The molecule has 4 rings (SSSR count). The number of hydrogen-bond donors (Lipinski definition) is 1. The van der Waals surface area contributed by atoms with Gasteiger partial charge in [0.2, 0.25) is 5.91 Å². The van der Waals surface area contributed by atoms with Gasteiger partial charge in [0.25, 0.3) is 0 Å². The second-order valence-corrected chi connectivity index (χ2v) is 8.74. The second kappa shape index (κ2) is 12.1. The van der Waals surface area contributed by atoms with E-state index in [0.717, 1.165) is 22.7 Å². The quantitative estimate of drug-likeness (QED) is 0.278. The van der Waals surface area contributed by atoms with E-state index in [1.54, 1.807) is 19.2 Å². The van der Waals surface area contributed by atoms with Crippen LogP contribution in [0.4, 0.5) is 5.69 Å². The molecule has 1 aromatic heterocycles. The maximum Gasteiger partial charge on any atom is 0.234 e. The molecule has 1 amide bonds. The van der Waals surface area contributed by atoms with Crippen LogP contribution in [0.15, 0.2) is 78.0 Å². The largest absolute Gasteiger partial charge is 0.495 e. The van der Waals surface area contributed by atoms with Crippen molar-refractivity contribution in [3.8, 4) is 22.9 Å². The number of hydrogen-bond acceptors (Lipinski definition) is 7. The van der Waals surface area contributed by atoms with Gasteiger partial charge in [-0.3, -0.25) is 9.36 Å². The predicted octanol–water partition coefficient (Wildman–Crippen LogP) is 5.29. The molecule has 0 aliphatic rings. The van der Waals surface area contributed by atoms with E-state index < -0.39 is 0 Å². The number of methoxy groups -OCH3 is 1. The number of benzene rings is 3. The van der Waals surface area contributed by atoms with Gasteiger partial charge in [0.1, 0.15) is 23.9 Å². The number of aryl methyl sites for hydroxylation is 1. The molecule has 8 nitrogen and oxygen atoms in total. The molecular weight excluding hydrogens is 476 g/mol. The fourth-order valence-corrected chi connectivity index (χ4v) is 4.22. The van der Waals surface area contributed by atoms with Gasteiger partial charge in [0.15, 0.2) is 11.0 Å². The lowest BCUT2D eigenvalue weighted by atomic mass is 10.2. The van der Waals surface area contributed by atoms with E-state index in [1.807, 2.05) is 79.1 Å². The second-order valence-electron chi connectivity index (χ2n) is 7.80. The first-order valence-electron chi connectivity index (χ1n) is 11.5. The molecule has 9 heteroatoms. The van der Waals surface area contributed by atoms with Crippen LogP contribution in [0, 0.1) is 6.92 Å². The monoisotopic (exact) mass is 504 g/mol. The van der Waals surface area contributed by atoms with E-state index in [-0.39, 0.29) is 18.3 Å². The first-order valence-corrected chi connectivity index (χ1v) is 12.5. The summed E-state index contributed by atoms with van der Waals surface area (Å²) in [5.74, 6) is 2.70. The summed E-state index contributed by atoms with van der Waals surface area (Å²) < 4.78 is 18.7. The molecule has 0 atom stereocenters. The highest BCUT2D eigenvalue weighted by atomic mass is 32.2. The fourth-order valence-electron chi connectivity index (χ4n) is 3.45. The Morgan fingerprint density at radius 2 is 1.64 bits per heavy atom. The van der Waals surface area contributed by atoms with Gasteiger partial charge < -0.3 is 19.5 Å². The minimum Gasteiger partial charge on any atom is -0.495 e. The Morgan fingerprint density at radius 1 is 0.944 bits per heavy atom. The van der Waals surface area contributed by atoms with Crippen LogP contribution < -0.4 is 19.5 Å². The number of carbonyl (C=O) groups is 1. The third kappa shape index (κ3) is 6.37. The molecule has 3 aromatic carbocycles. The van der Waals surface area contributed by atoms with Gasteiger partial charge in [0.05, 0.1) is 25.2 Å². The Bertz CT molecular complexity index is 1290. The highest BCUT2D eigenvalue weighted by molar-refractivity contribution is 7.99. The number of thioether (sulfide) groups is 1. The Hall–Kier alpha value is -3.98. The topological polar surface area (TPSA) is 87.5 Å². The van der Waals surface area contributed by atoms with Crippen molar-refractivity contribution in [1.29, 1.82) is 0 Å². The number of para-hydroxylation sites is 2. The number of aromatic nitrogens is 3. The van der Waals surface area contributed by atoms with E-state index in [1.165, 1.54) is 11.8 Å². The number of nitrogens with zero attached hydrogens (tertiary/aromatic N) is 3. The lowest BCUT2D eigenvalue weighted by molar-refractivity contribution is -0.113. The summed E-state index contributed by atoms with van der Waals surface area (Å²) in [4.78, 5) is 12.7. The van der Waals surface area contributed by atoms with E-state index in [4.69, 9.17) is 14.2 Å². The van der Waals surface area contributed by atoms with Gasteiger partial charge in [0, 0.05) is 5.69 Å². The SMILES string of the molecule is CCOc1ccc(-n2c(COc3ccc(C)cc3)nnc2SCC(=O)Nc2ccccc2OC)cc1. The van der Waals surface area contributed by atoms with Crippen LogP contribution in [0.2, 0.25) is 0 Å². The zero-order valence-electron chi connectivity index (χ0n) is 20.4. The van der Waals surface area contributed by atoms with E-state index >= 15 is 0 Å². The molecule has 0 aliphatic carbocycles. The summed E-state index contributed by atoms with van der Waals surface area (Å²) in [5, 5.41) is 12.2. The van der Waals surface area contributed by atoms with Crippen LogP contribution in [0.25, 0.3) is 5.69 Å². The number of nitrogens with one attached hydrogen (secondary N) is 1. The Morgan fingerprint density at radius 3 is 2.36 bits per heavy atom. The average Bonchev–Trinajstić information content (AvgIpc) is 3.31. The molecule has 0 radical (unpaired) electrons. The van der Waals surface area contributed by atoms with Crippen LogP contribution in [0.1, 0.15) is 18.3 Å². The van der Waals surface area contributed by atoms with E-state index in [2.05, 4.69) is 15.5 Å². The summed E-state index contributed by atoms with van der Waals surface area (Å²) in [7, 11) is 1.57. The Balaban J connectivity index is 1.52. The normalized spacial score (nSPS) is 10.6. The zero-order valence-corrected chi connectivity index (χ0v) is 21.2. The van der Waals surface area contributed by atoms with Crippen molar-refractivity contribution in [3.63, 3.8) is 0 Å². The van der Waals surface area contributed by atoms with Crippen molar-refractivity contribution in [2.75, 3.05) is 24.8 Å². The molecule has 0 unspecified atom stereocenters. The van der Waals surface area contributed by atoms with Crippen molar-refractivity contribution in [2.45, 2.75) is 25.6 Å². The lowest BCUT2D eigenvalue weighted by Crippen LogP contribution is -2.15. The van der Waals surface area contributed by atoms with Crippen molar-refractivity contribution in [2.24, 2.45) is 0 Å². The minimum atomic E-state index is -0.178. The Kier molecular flexibility index (Phi) is 8.46. The molecule has 0 fully saturated rings. The van der Waals surface area contributed by atoms with Crippen LogP contribution >= 0.6 is 11.8 Å². The van der Waals surface area contributed by atoms with Gasteiger partial charge in [-0.2, -0.15) is 0 Å². The number of anilines is 1. The molecule has 1 N–H and O–H groups in total. The minimum absolute atomic E-state index is 0.145. The van der Waals surface area contributed by atoms with Gasteiger partial charge in [-0.25, -0.2) is 0 Å². The summed E-state index contributed by atoms with van der Waals surface area (Å²) >= 11 is 1.29. The number of amides is 1. The zero-order chi connectivity index (χ0) is 25.3. The lowest BCUT2D eigenvalue weighted by Gasteiger charge is -2.13. The maximum absolute atomic E-state index is 12.7. The Labute approximate surface area is 214 Å². The van der Waals surface area contributed by atoms with Crippen LogP contribution in [-0.2, 0) is 11.4 Å². The average molecular weight is 505 g/mol. The molecule has 0 aliphatic heterocycles. The molecule has 186 valence electrons. The van der Waals surface area contributed by atoms with Crippen molar-refractivity contribution in [3.05, 3.63) is 84.2 Å². The molecule has 0 bridgehead atoms. The number of rotatable bonds is 11. The molecule has 36 heavy (non-hydrogen) atoms. The van der Waals surface area contributed by atoms with Crippen LogP contribution in [0.5, 0.6) is 17.2 Å². The number of ether oxygens (including phenoxy) is 3. The highest BCUT2D eigenvalue weighted by Crippen LogP contribution is 2.27. The third-order valence-electron chi connectivity index (χ3n) is 5.21. The van der Waals surface area contributed by atoms with Gasteiger partial charge in [-0.1, -0.05) is 41.6 Å². The van der Waals surface area contributed by atoms with Gasteiger partial charge in [-0.05, 0) is 62.4 Å². The predicted molar refractivity (Wildman–Crippen MR) is 140 cm³/mol. The third-order valence-corrected chi connectivity index (χ3v) is 6.14. The molecule has 0 saturated heterocycles. The first kappa shape index (κ1) is 25.1. The molecule has 0 saturated carbocycles. The summed E-state index contributed by atoms with van der Waals surface area (Å²) in [6, 6.07) is 22.8. The van der Waals surface area contributed by atoms with Crippen LogP contribution in [0.3, 0.4) is 0 Å². The summed E-state index contributed by atoms with van der Waals surface area (Å²) in [5.41, 5.74) is 2.62. The highest BCUT2D eigenvalue weighted by Gasteiger charge is 2.17. The molecular formula is C27H28N4O4S. The molecule has 4 aromatic rings. The van der Waals surface area contributed by atoms with Crippen LogP contribution in [-0.4, -0.2) is 40.1 Å². The summed E-state index contributed by atoms with van der Waals surface area (Å²) in [6.07, 6.45) is 0. The molecule has 1 heterocycles. The smallest absolute Gasteiger partial charge is 0.234 e.